The van der Waals surface area contributed by atoms with Crippen LogP contribution in [0.3, 0.4) is 0 Å². The third-order valence-electron chi connectivity index (χ3n) is 5.65. The van der Waals surface area contributed by atoms with Gasteiger partial charge in [0.05, 0.1) is 22.8 Å². The minimum Gasteiger partial charge on any atom is -0.481 e. The van der Waals surface area contributed by atoms with Crippen LogP contribution >= 0.6 is 11.6 Å². The Morgan fingerprint density at radius 1 is 1.33 bits per heavy atom. The van der Waals surface area contributed by atoms with E-state index in [0.29, 0.717) is 36.0 Å². The molecule has 1 saturated heterocycles. The van der Waals surface area contributed by atoms with E-state index < -0.39 is 5.97 Å². The average molecular weight is 433 g/mol. The molecule has 3 rings (SSSR count). The number of nitrogens with one attached hydrogen (secondary N) is 2. The van der Waals surface area contributed by atoms with E-state index in [-0.39, 0.29) is 11.7 Å². The lowest BCUT2D eigenvalue weighted by Crippen LogP contribution is -2.27. The Balaban J connectivity index is 1.76. The predicted molar refractivity (Wildman–Crippen MR) is 120 cm³/mol. The summed E-state index contributed by atoms with van der Waals surface area (Å²) in [6.45, 7) is 5.20. The topological polar surface area (TPSA) is 91.4 Å². The number of H-pyrrole nitrogens is 1. The van der Waals surface area contributed by atoms with Crippen LogP contribution in [0, 0.1) is 5.92 Å². The zero-order valence-corrected chi connectivity index (χ0v) is 18.2. The van der Waals surface area contributed by atoms with Crippen molar-refractivity contribution in [2.75, 3.05) is 18.5 Å². The Hall–Kier alpha value is -2.31. The van der Waals surface area contributed by atoms with Crippen LogP contribution in [0.25, 0.3) is 10.9 Å². The molecule has 0 saturated carbocycles. The molecule has 3 N–H and O–H groups in total. The normalized spacial score (nSPS) is 16.6. The Labute approximate surface area is 181 Å². The number of benzene rings is 1. The van der Waals surface area contributed by atoms with Gasteiger partial charge in [0, 0.05) is 29.7 Å². The predicted octanol–water partition coefficient (Wildman–Crippen LogP) is 5.43. The summed E-state index contributed by atoms with van der Waals surface area (Å²) in [5.74, 6) is -1.29. The van der Waals surface area contributed by atoms with Gasteiger partial charge in [-0.2, -0.15) is 0 Å². The number of carbonyl (C=O) groups is 2. The number of rotatable bonds is 9. The standard InChI is InChI=1S/C23H29ClN2O4/c1-3-15(23(28)29)5-4-14(2)10-21(27)19-12-16-11-17(24)13-20(22(16)26-19)25-18-6-8-30-9-7-18/h10-13,15,18,25-26H,3-9H2,1-2H3,(H,28,29)/b14-10-/t15-/m0/s1. The van der Waals surface area contributed by atoms with Crippen molar-refractivity contribution < 1.29 is 19.4 Å². The van der Waals surface area contributed by atoms with Gasteiger partial charge in [0.1, 0.15) is 0 Å². The van der Waals surface area contributed by atoms with Crippen LogP contribution in [-0.2, 0) is 9.53 Å². The van der Waals surface area contributed by atoms with Crippen LogP contribution in [0.4, 0.5) is 5.69 Å². The SMILES string of the molecule is CC[C@@H](CC/C(C)=C\C(=O)c1cc2cc(Cl)cc(NC3CCOCC3)c2[nH]1)C(=O)O. The first-order valence-electron chi connectivity index (χ1n) is 10.5. The first-order chi connectivity index (χ1) is 14.4. The Bertz CT molecular complexity index is 944. The van der Waals surface area contributed by atoms with E-state index in [0.717, 1.165) is 48.2 Å². The van der Waals surface area contributed by atoms with Crippen molar-refractivity contribution in [1.29, 1.82) is 0 Å². The quantitative estimate of drug-likeness (QED) is 0.363. The molecule has 1 aromatic heterocycles. The summed E-state index contributed by atoms with van der Waals surface area (Å²) in [6.07, 6.45) is 5.14. The summed E-state index contributed by atoms with van der Waals surface area (Å²) in [7, 11) is 0. The molecule has 0 bridgehead atoms. The number of aromatic nitrogens is 1. The largest absolute Gasteiger partial charge is 0.481 e. The number of fused-ring (bicyclic) bond motifs is 1. The molecule has 0 spiro atoms. The van der Waals surface area contributed by atoms with Crippen molar-refractivity contribution in [1.82, 2.24) is 4.98 Å². The highest BCUT2D eigenvalue weighted by atomic mass is 35.5. The molecule has 1 aliphatic rings. The number of allylic oxidation sites excluding steroid dienone is 2. The first-order valence-corrected chi connectivity index (χ1v) is 10.9. The number of carbonyl (C=O) groups excluding carboxylic acids is 1. The molecule has 2 heterocycles. The third-order valence-corrected chi connectivity index (χ3v) is 5.86. The minimum atomic E-state index is -0.784. The maximum absolute atomic E-state index is 12.8. The summed E-state index contributed by atoms with van der Waals surface area (Å²) in [4.78, 5) is 27.2. The van der Waals surface area contributed by atoms with Gasteiger partial charge in [-0.05, 0) is 63.3 Å². The second-order valence-electron chi connectivity index (χ2n) is 7.97. The number of hydrogen-bond donors (Lipinski definition) is 3. The lowest BCUT2D eigenvalue weighted by atomic mass is 9.97. The molecule has 30 heavy (non-hydrogen) atoms. The lowest BCUT2D eigenvalue weighted by molar-refractivity contribution is -0.142. The van der Waals surface area contributed by atoms with E-state index in [2.05, 4.69) is 10.3 Å². The van der Waals surface area contributed by atoms with Crippen molar-refractivity contribution in [3.63, 3.8) is 0 Å². The molecule has 6 nitrogen and oxygen atoms in total. The average Bonchev–Trinajstić information content (AvgIpc) is 3.13. The number of halogens is 1. The van der Waals surface area contributed by atoms with E-state index in [1.165, 1.54) is 0 Å². The summed E-state index contributed by atoms with van der Waals surface area (Å²) >= 11 is 6.30. The highest BCUT2D eigenvalue weighted by molar-refractivity contribution is 6.32. The van der Waals surface area contributed by atoms with E-state index in [1.54, 1.807) is 6.08 Å². The second kappa shape index (κ2) is 10.1. The molecule has 7 heteroatoms. The van der Waals surface area contributed by atoms with E-state index >= 15 is 0 Å². The van der Waals surface area contributed by atoms with Gasteiger partial charge in [-0.25, -0.2) is 0 Å². The fourth-order valence-corrected chi connectivity index (χ4v) is 4.02. The Morgan fingerprint density at radius 3 is 2.73 bits per heavy atom. The highest BCUT2D eigenvalue weighted by Gasteiger charge is 2.18. The van der Waals surface area contributed by atoms with Crippen LogP contribution in [0.1, 0.15) is 56.4 Å². The molecule has 162 valence electrons. The molecule has 0 unspecified atom stereocenters. The monoisotopic (exact) mass is 432 g/mol. The first kappa shape index (κ1) is 22.4. The number of ether oxygens (including phenoxy) is 1. The summed E-state index contributed by atoms with van der Waals surface area (Å²) < 4.78 is 5.42. The summed E-state index contributed by atoms with van der Waals surface area (Å²) in [6, 6.07) is 5.84. The van der Waals surface area contributed by atoms with E-state index in [1.807, 2.05) is 32.0 Å². The highest BCUT2D eigenvalue weighted by Crippen LogP contribution is 2.30. The van der Waals surface area contributed by atoms with Crippen molar-refractivity contribution in [2.45, 2.75) is 52.0 Å². The van der Waals surface area contributed by atoms with Crippen LogP contribution in [0.2, 0.25) is 5.02 Å². The number of carboxylic acids is 1. The molecule has 0 radical (unpaired) electrons. The van der Waals surface area contributed by atoms with Gasteiger partial charge in [-0.3, -0.25) is 9.59 Å². The number of anilines is 1. The Kier molecular flexibility index (Phi) is 7.56. The number of hydrogen-bond acceptors (Lipinski definition) is 4. The molecule has 1 aromatic carbocycles. The summed E-state index contributed by atoms with van der Waals surface area (Å²) in [5, 5.41) is 14.2. The van der Waals surface area contributed by atoms with Crippen LogP contribution < -0.4 is 5.32 Å². The van der Waals surface area contributed by atoms with Crippen molar-refractivity contribution in [3.05, 3.63) is 40.6 Å². The van der Waals surface area contributed by atoms with Crippen LogP contribution in [0.15, 0.2) is 29.8 Å². The number of aliphatic carboxylic acids is 1. The van der Waals surface area contributed by atoms with Gasteiger partial charge in [0.25, 0.3) is 0 Å². The fourth-order valence-electron chi connectivity index (χ4n) is 3.79. The molecule has 1 fully saturated rings. The minimum absolute atomic E-state index is 0.125. The van der Waals surface area contributed by atoms with Crippen LogP contribution in [-0.4, -0.2) is 41.1 Å². The smallest absolute Gasteiger partial charge is 0.306 e. The van der Waals surface area contributed by atoms with Gasteiger partial charge in [0.15, 0.2) is 0 Å². The maximum Gasteiger partial charge on any atom is 0.306 e. The van der Waals surface area contributed by atoms with Crippen molar-refractivity contribution in [3.8, 4) is 0 Å². The van der Waals surface area contributed by atoms with Gasteiger partial charge in [-0.1, -0.05) is 24.1 Å². The molecular weight excluding hydrogens is 404 g/mol. The van der Waals surface area contributed by atoms with E-state index in [9.17, 15) is 14.7 Å². The van der Waals surface area contributed by atoms with Crippen molar-refractivity contribution >= 4 is 39.9 Å². The zero-order chi connectivity index (χ0) is 21.7. The van der Waals surface area contributed by atoms with E-state index in [4.69, 9.17) is 16.3 Å². The van der Waals surface area contributed by atoms with Gasteiger partial charge < -0.3 is 20.1 Å². The molecule has 0 aliphatic carbocycles. The molecule has 1 atom stereocenters. The molecular formula is C23H29ClN2O4. The zero-order valence-electron chi connectivity index (χ0n) is 17.5. The fraction of sp³-hybridized carbons (Fsp3) is 0.478. The van der Waals surface area contributed by atoms with Gasteiger partial charge in [-0.15, -0.1) is 0 Å². The lowest BCUT2D eigenvalue weighted by Gasteiger charge is -2.24. The molecule has 1 aliphatic heterocycles. The summed E-state index contributed by atoms with van der Waals surface area (Å²) in [5.41, 5.74) is 3.11. The van der Waals surface area contributed by atoms with Crippen LogP contribution in [0.5, 0.6) is 0 Å². The van der Waals surface area contributed by atoms with Crippen molar-refractivity contribution in [2.24, 2.45) is 5.92 Å². The Morgan fingerprint density at radius 2 is 2.07 bits per heavy atom. The number of ketones is 1. The van der Waals surface area contributed by atoms with Gasteiger partial charge >= 0.3 is 5.97 Å². The maximum atomic E-state index is 12.8. The third kappa shape index (κ3) is 5.64. The molecule has 0 amide bonds. The number of aromatic amines is 1. The van der Waals surface area contributed by atoms with Gasteiger partial charge in [0.2, 0.25) is 5.78 Å². The second-order valence-corrected chi connectivity index (χ2v) is 8.41. The molecule has 2 aromatic rings. The number of carboxylic acid groups (broad SMARTS) is 1.